The number of fused-ring (bicyclic) bond motifs is 1. The fourth-order valence-electron chi connectivity index (χ4n) is 6.09. The highest BCUT2D eigenvalue weighted by molar-refractivity contribution is 5.83. The van der Waals surface area contributed by atoms with Gasteiger partial charge in [0.2, 0.25) is 0 Å². The molecule has 2 fully saturated rings. The number of piperazine rings is 1. The number of piperidine rings is 1. The van der Waals surface area contributed by atoms with Crippen molar-refractivity contribution >= 4 is 22.4 Å². The number of nitrogens with zero attached hydrogens (tertiary/aromatic N) is 3. The first-order valence-corrected chi connectivity index (χ1v) is 13.1. The molecular formula is C30H37N3O3. The molecule has 0 aromatic heterocycles. The molecule has 6 heteroatoms. The van der Waals surface area contributed by atoms with Gasteiger partial charge in [0.25, 0.3) is 0 Å². The van der Waals surface area contributed by atoms with Crippen LogP contribution in [0.2, 0.25) is 0 Å². The van der Waals surface area contributed by atoms with E-state index in [4.69, 9.17) is 4.74 Å². The fourth-order valence-corrected chi connectivity index (χ4v) is 6.09. The molecule has 36 heavy (non-hydrogen) atoms. The van der Waals surface area contributed by atoms with Crippen molar-refractivity contribution in [2.24, 2.45) is 5.92 Å². The van der Waals surface area contributed by atoms with Crippen molar-refractivity contribution in [3.63, 3.8) is 0 Å². The number of ether oxygens (including phenoxy) is 1. The largest absolute Gasteiger partial charge is 0.495 e. The molecule has 1 N–H and O–H groups in total. The highest BCUT2D eigenvalue weighted by Crippen LogP contribution is 2.32. The van der Waals surface area contributed by atoms with Crippen LogP contribution in [0.4, 0.5) is 5.69 Å². The Morgan fingerprint density at radius 1 is 0.944 bits per heavy atom. The van der Waals surface area contributed by atoms with Crippen molar-refractivity contribution in [3.05, 3.63) is 72.3 Å². The van der Waals surface area contributed by atoms with Gasteiger partial charge in [0.15, 0.2) is 0 Å². The van der Waals surface area contributed by atoms with Gasteiger partial charge in [-0.15, -0.1) is 0 Å². The Bertz CT molecular complexity index is 1170. The number of methoxy groups -OCH3 is 1. The molecule has 0 radical (unpaired) electrons. The zero-order chi connectivity index (χ0) is 24.9. The Hall–Kier alpha value is -3.09. The van der Waals surface area contributed by atoms with Crippen molar-refractivity contribution in [2.75, 3.05) is 51.3 Å². The number of carbonyl (C=O) groups is 1. The SMILES string of the molecule is COc1ccccc1N1CCN([C@@H]2CCN(Cc3ccc4ccccc4c3)C[C@@H]2CCC(=O)O)CC1. The molecule has 2 aliphatic rings. The van der Waals surface area contributed by atoms with Crippen LogP contribution in [0.1, 0.15) is 24.8 Å². The second-order valence-corrected chi connectivity index (χ2v) is 10.2. The van der Waals surface area contributed by atoms with Gasteiger partial charge in [-0.25, -0.2) is 0 Å². The lowest BCUT2D eigenvalue weighted by molar-refractivity contribution is -0.137. The van der Waals surface area contributed by atoms with E-state index in [1.54, 1.807) is 7.11 Å². The van der Waals surface area contributed by atoms with Crippen LogP contribution < -0.4 is 9.64 Å². The molecule has 0 saturated carbocycles. The Labute approximate surface area is 214 Å². The molecule has 190 valence electrons. The number of para-hydroxylation sites is 2. The van der Waals surface area contributed by atoms with Crippen LogP contribution >= 0.6 is 0 Å². The van der Waals surface area contributed by atoms with Gasteiger partial charge in [0, 0.05) is 51.7 Å². The van der Waals surface area contributed by atoms with E-state index in [-0.39, 0.29) is 6.42 Å². The lowest BCUT2D eigenvalue weighted by atomic mass is 9.86. The number of benzene rings is 3. The second-order valence-electron chi connectivity index (χ2n) is 10.2. The summed E-state index contributed by atoms with van der Waals surface area (Å²) in [5.41, 5.74) is 2.49. The molecule has 2 atom stereocenters. The van der Waals surface area contributed by atoms with Crippen LogP contribution in [0.15, 0.2) is 66.7 Å². The van der Waals surface area contributed by atoms with Crippen molar-refractivity contribution in [2.45, 2.75) is 31.8 Å². The van der Waals surface area contributed by atoms with Gasteiger partial charge in [-0.2, -0.15) is 0 Å². The molecule has 2 aliphatic heterocycles. The molecule has 6 nitrogen and oxygen atoms in total. The molecule has 0 bridgehead atoms. The number of rotatable bonds is 8. The molecule has 0 amide bonds. The van der Waals surface area contributed by atoms with Gasteiger partial charge in [0.05, 0.1) is 12.8 Å². The zero-order valence-electron chi connectivity index (χ0n) is 21.2. The average Bonchev–Trinajstić information content (AvgIpc) is 2.92. The number of carboxylic acid groups (broad SMARTS) is 1. The van der Waals surface area contributed by atoms with Gasteiger partial charge < -0.3 is 14.7 Å². The number of hydrogen-bond donors (Lipinski definition) is 1. The third-order valence-electron chi connectivity index (χ3n) is 7.94. The van der Waals surface area contributed by atoms with Crippen LogP contribution in [0.5, 0.6) is 5.75 Å². The lowest BCUT2D eigenvalue weighted by Gasteiger charge is -2.47. The van der Waals surface area contributed by atoms with E-state index < -0.39 is 5.97 Å². The Balaban J connectivity index is 1.23. The topological polar surface area (TPSA) is 56.2 Å². The number of aliphatic carboxylic acids is 1. The summed E-state index contributed by atoms with van der Waals surface area (Å²) in [6, 6.07) is 23.9. The first kappa shape index (κ1) is 24.6. The van der Waals surface area contributed by atoms with E-state index in [1.165, 1.54) is 16.3 Å². The summed E-state index contributed by atoms with van der Waals surface area (Å²) in [6.45, 7) is 6.84. The molecule has 3 aromatic rings. The fraction of sp³-hybridized carbons (Fsp3) is 0.433. The zero-order valence-corrected chi connectivity index (χ0v) is 21.2. The van der Waals surface area contributed by atoms with Gasteiger partial charge in [-0.1, -0.05) is 48.5 Å². The van der Waals surface area contributed by atoms with Crippen LogP contribution in [0, 0.1) is 5.92 Å². The van der Waals surface area contributed by atoms with E-state index >= 15 is 0 Å². The monoisotopic (exact) mass is 487 g/mol. The summed E-state index contributed by atoms with van der Waals surface area (Å²) in [5, 5.41) is 12.0. The minimum Gasteiger partial charge on any atom is -0.495 e. The molecule has 0 spiro atoms. The predicted octanol–water partition coefficient (Wildman–Crippen LogP) is 4.73. The highest BCUT2D eigenvalue weighted by atomic mass is 16.5. The summed E-state index contributed by atoms with van der Waals surface area (Å²) in [6.07, 6.45) is 2.07. The van der Waals surface area contributed by atoms with Gasteiger partial charge >= 0.3 is 5.97 Å². The molecule has 2 heterocycles. The smallest absolute Gasteiger partial charge is 0.303 e. The molecule has 0 aliphatic carbocycles. The molecular weight excluding hydrogens is 450 g/mol. The first-order valence-electron chi connectivity index (χ1n) is 13.1. The maximum absolute atomic E-state index is 11.4. The van der Waals surface area contributed by atoms with E-state index in [1.807, 2.05) is 12.1 Å². The standard InChI is InChI=1S/C30H37N3O3/c1-36-29-9-5-4-8-28(29)33-18-16-32(17-19-33)27-14-15-31(22-26(27)12-13-30(34)35)21-23-10-11-24-6-2-3-7-25(24)20-23/h2-11,20,26-27H,12-19,21-22H2,1H3,(H,34,35)/t26-,27+/m0/s1. The van der Waals surface area contributed by atoms with Crippen LogP contribution in [0.25, 0.3) is 10.8 Å². The van der Waals surface area contributed by atoms with Crippen molar-refractivity contribution in [1.29, 1.82) is 0 Å². The third-order valence-corrected chi connectivity index (χ3v) is 7.94. The maximum atomic E-state index is 11.4. The molecule has 5 rings (SSSR count). The van der Waals surface area contributed by atoms with Crippen LogP contribution in [0.3, 0.4) is 0 Å². The first-order chi connectivity index (χ1) is 17.6. The predicted molar refractivity (Wildman–Crippen MR) is 145 cm³/mol. The number of hydrogen-bond acceptors (Lipinski definition) is 5. The summed E-state index contributed by atoms with van der Waals surface area (Å²) in [7, 11) is 1.73. The average molecular weight is 488 g/mol. The summed E-state index contributed by atoms with van der Waals surface area (Å²) in [4.78, 5) is 19.0. The maximum Gasteiger partial charge on any atom is 0.303 e. The molecule has 2 saturated heterocycles. The Kier molecular flexibility index (Phi) is 7.73. The quantitative estimate of drug-likeness (QED) is 0.496. The van der Waals surface area contributed by atoms with Crippen molar-refractivity contribution in [3.8, 4) is 5.75 Å². The number of anilines is 1. The summed E-state index contributed by atoms with van der Waals surface area (Å²) >= 11 is 0. The van der Waals surface area contributed by atoms with Gasteiger partial charge in [0.1, 0.15) is 5.75 Å². The second kappa shape index (κ2) is 11.3. The summed E-state index contributed by atoms with van der Waals surface area (Å²) < 4.78 is 5.58. The van der Waals surface area contributed by atoms with E-state index in [2.05, 4.69) is 69.3 Å². The molecule has 0 unspecified atom stereocenters. The van der Waals surface area contributed by atoms with E-state index in [0.717, 1.165) is 70.1 Å². The van der Waals surface area contributed by atoms with E-state index in [0.29, 0.717) is 12.0 Å². The highest BCUT2D eigenvalue weighted by Gasteiger charge is 2.35. The normalized spacial score (nSPS) is 21.5. The molecule has 3 aromatic carbocycles. The van der Waals surface area contributed by atoms with Gasteiger partial charge in [-0.05, 0) is 59.8 Å². The summed E-state index contributed by atoms with van der Waals surface area (Å²) in [5.74, 6) is 0.599. The van der Waals surface area contributed by atoms with Crippen LogP contribution in [-0.2, 0) is 11.3 Å². The number of carboxylic acids is 1. The number of likely N-dealkylation sites (tertiary alicyclic amines) is 1. The Morgan fingerprint density at radius 2 is 1.69 bits per heavy atom. The van der Waals surface area contributed by atoms with Crippen LogP contribution in [-0.4, -0.2) is 73.3 Å². The minimum absolute atomic E-state index is 0.242. The van der Waals surface area contributed by atoms with Gasteiger partial charge in [-0.3, -0.25) is 14.6 Å². The Morgan fingerprint density at radius 3 is 2.47 bits per heavy atom. The van der Waals surface area contributed by atoms with E-state index in [9.17, 15) is 9.90 Å². The third kappa shape index (κ3) is 5.66. The lowest BCUT2D eigenvalue weighted by Crippen LogP contribution is -2.56. The minimum atomic E-state index is -0.693. The van der Waals surface area contributed by atoms with Crippen molar-refractivity contribution < 1.29 is 14.6 Å². The van der Waals surface area contributed by atoms with Crippen molar-refractivity contribution in [1.82, 2.24) is 9.80 Å².